The van der Waals surface area contributed by atoms with E-state index in [4.69, 9.17) is 37.9 Å². The predicted octanol–water partition coefficient (Wildman–Crippen LogP) is 4.06. The van der Waals surface area contributed by atoms with E-state index in [1.165, 1.54) is 0 Å². The summed E-state index contributed by atoms with van der Waals surface area (Å²) in [4.78, 5) is 12.2. The molecule has 0 spiro atoms. The van der Waals surface area contributed by atoms with Crippen molar-refractivity contribution in [3.8, 4) is 0 Å². The Morgan fingerprint density at radius 1 is 0.773 bits per heavy atom. The van der Waals surface area contributed by atoms with Gasteiger partial charge >= 0.3 is 0 Å². The number of alkyl halides is 1. The van der Waals surface area contributed by atoms with Crippen LogP contribution in [0.2, 0.25) is 0 Å². The molecular weight excluding hydrogens is 687 g/mol. The molecule has 3 aliphatic carbocycles. The van der Waals surface area contributed by atoms with Gasteiger partial charge in [0.25, 0.3) is 6.47 Å². The molecule has 2 unspecified atom stereocenters. The Hall–Kier alpha value is -0.680. The molecule has 0 aromatic carbocycles. The van der Waals surface area contributed by atoms with E-state index in [1.54, 1.807) is 42.7 Å². The van der Waals surface area contributed by atoms with Crippen LogP contribution in [0.25, 0.3) is 0 Å². The molecular formula is C32H61IO11. The highest BCUT2D eigenvalue weighted by molar-refractivity contribution is 14.1. The molecule has 11 nitrogen and oxygen atoms in total. The molecule has 4 aliphatic rings. The Balaban J connectivity index is 0. The van der Waals surface area contributed by atoms with E-state index < -0.39 is 12.4 Å². The minimum atomic E-state index is -0.581. The first-order chi connectivity index (χ1) is 20.2. The van der Waals surface area contributed by atoms with Crippen molar-refractivity contribution >= 4 is 29.1 Å². The first kappa shape index (κ1) is 45.4. The maximum absolute atomic E-state index is 10.2. The fourth-order valence-electron chi connectivity index (χ4n) is 6.34. The molecule has 3 saturated carbocycles. The van der Waals surface area contributed by atoms with Crippen LogP contribution >= 0.6 is 22.6 Å². The smallest absolute Gasteiger partial charge is 0.293 e. The number of aliphatic hydroxyl groups excluding tert-OH is 2. The van der Waals surface area contributed by atoms with Crippen LogP contribution in [0, 0.1) is 23.7 Å². The third-order valence-electron chi connectivity index (χ3n) is 8.55. The van der Waals surface area contributed by atoms with E-state index in [1.807, 2.05) is 4.93 Å². The molecule has 262 valence electrons. The molecule has 1 aliphatic heterocycles. The second kappa shape index (κ2) is 24.5. The zero-order valence-electron chi connectivity index (χ0n) is 26.2. The average Bonchev–Trinajstić information content (AvgIpc) is 3.69. The van der Waals surface area contributed by atoms with Gasteiger partial charge in [-0.15, -0.1) is 0 Å². The summed E-state index contributed by atoms with van der Waals surface area (Å²) in [7, 11) is 10.00. The van der Waals surface area contributed by atoms with Gasteiger partial charge in [0.05, 0.1) is 50.3 Å². The third kappa shape index (κ3) is 12.5. The van der Waals surface area contributed by atoms with Gasteiger partial charge in [-0.2, -0.15) is 0 Å². The number of methoxy groups -OCH3 is 6. The van der Waals surface area contributed by atoms with E-state index in [9.17, 15) is 15.0 Å². The van der Waals surface area contributed by atoms with Gasteiger partial charge in [0.15, 0.2) is 6.29 Å². The van der Waals surface area contributed by atoms with Crippen LogP contribution in [0.3, 0.4) is 0 Å². The summed E-state index contributed by atoms with van der Waals surface area (Å²) in [5.74, 6) is 1.03. The van der Waals surface area contributed by atoms with Gasteiger partial charge in [0.1, 0.15) is 6.10 Å². The maximum Gasteiger partial charge on any atom is 0.293 e. The Kier molecular flexibility index (Phi) is 25.3. The van der Waals surface area contributed by atoms with Gasteiger partial charge in [-0.05, 0) is 22.0 Å². The molecule has 1 saturated heterocycles. The lowest BCUT2D eigenvalue weighted by molar-refractivity contribution is -0.132. The highest BCUT2D eigenvalue weighted by Crippen LogP contribution is 2.43. The average molecular weight is 749 g/mol. The molecule has 11 atom stereocenters. The normalized spacial score (nSPS) is 35.0. The molecule has 4 fully saturated rings. The fraction of sp³-hybridized carbons (Fsp3) is 0.844. The largest absolute Gasteiger partial charge is 0.460 e. The summed E-state index contributed by atoms with van der Waals surface area (Å²) in [5.41, 5.74) is 1.72. The Morgan fingerprint density at radius 2 is 1.27 bits per heavy atom. The van der Waals surface area contributed by atoms with Crippen molar-refractivity contribution in [1.82, 2.24) is 0 Å². The number of aliphatic hydroxyl groups is 2. The first-order valence-electron chi connectivity index (χ1n) is 14.1. The number of hydrogen-bond donors (Lipinski definition) is 2. The van der Waals surface area contributed by atoms with Crippen LogP contribution in [0.4, 0.5) is 0 Å². The van der Waals surface area contributed by atoms with E-state index in [-0.39, 0.29) is 57.2 Å². The molecule has 2 N–H and O–H groups in total. The monoisotopic (exact) mass is 748 g/mol. The minimum absolute atomic E-state index is 0. The maximum atomic E-state index is 10.2. The standard InChI is InChI=1S/C10H18O4.C10H16O4.C9H16O3.CH3I.2CH4/c1-12-5-7-6-3-10(11)14-9(6)4-8(7)13-2;1-7-8(5-12-2)10(13-3)4-9(7)14-6-11;1-6-7(5-11-2)9(12-3)4-8(6)10;1-2;;/h6-11H,3-5H2,1-2H3;6,8-10H,1,4-5H2,2-3H3;7-10H,1,4-5H2,2-3H3;1H3;2*1H4/t6?,7-,8-,9+,10?;8-,9+,10-;7-,8+,9-;;;/m000.../s1. The van der Waals surface area contributed by atoms with E-state index >= 15 is 0 Å². The van der Waals surface area contributed by atoms with Crippen molar-refractivity contribution in [3.63, 3.8) is 0 Å². The summed E-state index contributed by atoms with van der Waals surface area (Å²) in [6.07, 6.45) is 2.17. The topological polar surface area (TPSA) is 131 Å². The molecule has 12 heteroatoms. The van der Waals surface area contributed by atoms with Gasteiger partial charge in [-0.25, -0.2) is 0 Å². The van der Waals surface area contributed by atoms with Gasteiger partial charge in [0, 0.05) is 86.1 Å². The van der Waals surface area contributed by atoms with Crippen LogP contribution in [0.5, 0.6) is 0 Å². The predicted molar refractivity (Wildman–Crippen MR) is 180 cm³/mol. The highest BCUT2D eigenvalue weighted by Gasteiger charge is 2.49. The van der Waals surface area contributed by atoms with Crippen LogP contribution in [-0.4, -0.2) is 127 Å². The van der Waals surface area contributed by atoms with E-state index in [0.29, 0.717) is 51.0 Å². The fourth-order valence-corrected chi connectivity index (χ4v) is 6.34. The van der Waals surface area contributed by atoms with Crippen molar-refractivity contribution in [1.29, 1.82) is 0 Å². The van der Waals surface area contributed by atoms with Crippen molar-refractivity contribution < 1.29 is 52.9 Å². The van der Waals surface area contributed by atoms with Crippen LogP contribution in [-0.2, 0) is 42.7 Å². The second-order valence-corrected chi connectivity index (χ2v) is 10.7. The number of halogens is 1. The third-order valence-corrected chi connectivity index (χ3v) is 8.55. The Labute approximate surface area is 280 Å². The number of rotatable bonds is 11. The molecule has 1 heterocycles. The van der Waals surface area contributed by atoms with Crippen molar-refractivity contribution in [2.75, 3.05) is 67.4 Å². The molecule has 0 aromatic heterocycles. The quantitative estimate of drug-likeness (QED) is 0.137. The molecule has 0 aromatic rings. The molecule has 44 heavy (non-hydrogen) atoms. The summed E-state index contributed by atoms with van der Waals surface area (Å²) in [6.45, 7) is 10.0. The summed E-state index contributed by atoms with van der Waals surface area (Å²) < 4.78 is 41.5. The minimum Gasteiger partial charge on any atom is -0.460 e. The van der Waals surface area contributed by atoms with Crippen LogP contribution in [0.1, 0.15) is 40.5 Å². The molecule has 0 bridgehead atoms. The van der Waals surface area contributed by atoms with Crippen molar-refractivity contribution in [2.24, 2.45) is 23.7 Å². The van der Waals surface area contributed by atoms with Gasteiger partial charge in [0.2, 0.25) is 0 Å². The zero-order valence-corrected chi connectivity index (χ0v) is 28.4. The summed E-state index contributed by atoms with van der Waals surface area (Å²) in [5, 5.41) is 18.8. The van der Waals surface area contributed by atoms with Crippen LogP contribution in [0.15, 0.2) is 24.3 Å². The molecule has 0 radical (unpaired) electrons. The van der Waals surface area contributed by atoms with Crippen molar-refractivity contribution in [3.05, 3.63) is 24.3 Å². The summed E-state index contributed by atoms with van der Waals surface area (Å²) >= 11 is 2.15. The van der Waals surface area contributed by atoms with Crippen molar-refractivity contribution in [2.45, 2.75) is 83.5 Å². The molecule has 0 amide bonds. The van der Waals surface area contributed by atoms with Crippen LogP contribution < -0.4 is 0 Å². The lowest BCUT2D eigenvalue weighted by Gasteiger charge is -2.21. The lowest BCUT2D eigenvalue weighted by Crippen LogP contribution is -2.26. The van der Waals surface area contributed by atoms with Gasteiger partial charge in [-0.3, -0.25) is 4.79 Å². The van der Waals surface area contributed by atoms with E-state index in [2.05, 4.69) is 35.7 Å². The number of carbonyl (C=O) groups excluding carboxylic acids is 1. The number of ether oxygens (including phenoxy) is 8. The first-order valence-corrected chi connectivity index (χ1v) is 16.3. The SMILES string of the molecule is C.C.C=C1[C@H](O)C[C@H](OC)[C@H]1COC.C=C1[C@H](OC=O)C[C@H](OC)[C@H]1COC.CI.COC[C@H]1C2CC(O)O[C@@H]2C[C@@H]1OC. The second-order valence-electron chi connectivity index (χ2n) is 10.7. The number of carbonyl (C=O) groups is 1. The molecule has 4 rings (SSSR count). The Morgan fingerprint density at radius 3 is 1.75 bits per heavy atom. The van der Waals surface area contributed by atoms with Gasteiger partial charge < -0.3 is 48.1 Å². The lowest BCUT2D eigenvalue weighted by atomic mass is 9.93. The highest BCUT2D eigenvalue weighted by atomic mass is 127. The number of hydrogen-bond acceptors (Lipinski definition) is 11. The Bertz CT molecular complexity index is 785. The number of fused-ring (bicyclic) bond motifs is 1. The summed E-state index contributed by atoms with van der Waals surface area (Å²) in [6, 6.07) is 0. The zero-order chi connectivity index (χ0) is 31.8. The van der Waals surface area contributed by atoms with E-state index in [0.717, 1.165) is 24.0 Å². The van der Waals surface area contributed by atoms with Gasteiger partial charge in [-0.1, -0.05) is 50.6 Å².